The maximum absolute atomic E-state index is 12.7. The van der Waals surface area contributed by atoms with Gasteiger partial charge in [0.2, 0.25) is 15.9 Å². The molecule has 9 heteroatoms. The molecule has 0 saturated carbocycles. The molecular formula is C17H25N3O5S. The first-order chi connectivity index (χ1) is 12.0. The van der Waals surface area contributed by atoms with Crippen LogP contribution in [0.3, 0.4) is 0 Å². The molecule has 0 radical (unpaired) electrons. The summed E-state index contributed by atoms with van der Waals surface area (Å²) < 4.78 is 31.9. The second kappa shape index (κ2) is 7.53. The zero-order valence-corrected chi connectivity index (χ0v) is 16.5. The van der Waals surface area contributed by atoms with Crippen LogP contribution in [-0.4, -0.2) is 69.6 Å². The van der Waals surface area contributed by atoms with E-state index in [2.05, 4.69) is 4.72 Å². The van der Waals surface area contributed by atoms with Crippen LogP contribution in [0.1, 0.15) is 24.2 Å². The lowest BCUT2D eigenvalue weighted by Gasteiger charge is -2.35. The van der Waals surface area contributed by atoms with Crippen molar-refractivity contribution in [2.24, 2.45) is 5.92 Å². The second-order valence-corrected chi connectivity index (χ2v) is 8.52. The molecule has 26 heavy (non-hydrogen) atoms. The van der Waals surface area contributed by atoms with Crippen LogP contribution in [-0.2, 0) is 14.8 Å². The molecule has 1 aliphatic heterocycles. The lowest BCUT2D eigenvalue weighted by Crippen LogP contribution is -2.46. The van der Waals surface area contributed by atoms with Gasteiger partial charge in [0.1, 0.15) is 6.10 Å². The predicted molar refractivity (Wildman–Crippen MR) is 98.8 cm³/mol. The van der Waals surface area contributed by atoms with Crippen LogP contribution in [0.25, 0.3) is 0 Å². The Hall–Kier alpha value is -2.29. The number of likely N-dealkylation sites (N-methyl/N-ethyl adjacent to an activating group) is 1. The van der Waals surface area contributed by atoms with E-state index in [1.54, 1.807) is 37.2 Å². The van der Waals surface area contributed by atoms with E-state index < -0.39 is 16.1 Å². The predicted octanol–water partition coefficient (Wildman–Crippen LogP) is 1.01. The summed E-state index contributed by atoms with van der Waals surface area (Å²) in [4.78, 5) is 27.4. The summed E-state index contributed by atoms with van der Waals surface area (Å²) in [5.41, 5.74) is 0.486. The molecule has 0 spiro atoms. The fourth-order valence-electron chi connectivity index (χ4n) is 2.83. The Balaban J connectivity index is 2.51. The Morgan fingerprint density at radius 3 is 2.65 bits per heavy atom. The number of carbonyl (C=O) groups is 2. The number of carbonyl (C=O) groups excluding carboxylic acids is 2. The van der Waals surface area contributed by atoms with Gasteiger partial charge in [0, 0.05) is 33.5 Å². The van der Waals surface area contributed by atoms with Crippen molar-refractivity contribution >= 4 is 27.5 Å². The minimum atomic E-state index is -3.55. The van der Waals surface area contributed by atoms with E-state index in [9.17, 15) is 18.0 Å². The smallest absolute Gasteiger partial charge is 0.257 e. The van der Waals surface area contributed by atoms with Gasteiger partial charge >= 0.3 is 0 Å². The first-order valence-corrected chi connectivity index (χ1v) is 10.1. The van der Waals surface area contributed by atoms with Crippen molar-refractivity contribution in [2.45, 2.75) is 20.0 Å². The largest absolute Gasteiger partial charge is 0.485 e. The summed E-state index contributed by atoms with van der Waals surface area (Å²) in [6.45, 7) is 4.18. The molecular weight excluding hydrogens is 358 g/mol. The first-order valence-electron chi connectivity index (χ1n) is 8.24. The number of hydrogen-bond acceptors (Lipinski definition) is 5. The Bertz CT molecular complexity index is 809. The average molecular weight is 383 g/mol. The number of benzene rings is 1. The van der Waals surface area contributed by atoms with Crippen molar-refractivity contribution < 1.29 is 22.7 Å². The third-order valence-electron chi connectivity index (χ3n) is 4.34. The number of nitrogens with zero attached hydrogens (tertiary/aromatic N) is 2. The molecule has 0 aliphatic carbocycles. The summed E-state index contributed by atoms with van der Waals surface area (Å²) in [6, 6.07) is 4.75. The van der Waals surface area contributed by atoms with Gasteiger partial charge in [-0.05, 0) is 12.1 Å². The van der Waals surface area contributed by atoms with Crippen molar-refractivity contribution in [2.75, 3.05) is 38.2 Å². The standard InChI is InChI=1S/C17H25N3O5S/c1-11-9-20(4)17(22)13-7-6-8-14(18-26(5,23)24)16(13)25-15(11)10-19(3)12(2)21/h6-8,11,15,18H,9-10H2,1-5H3/t11-,15-/m1/s1. The van der Waals surface area contributed by atoms with E-state index in [0.717, 1.165) is 6.26 Å². The van der Waals surface area contributed by atoms with Crippen LogP contribution in [0.15, 0.2) is 18.2 Å². The van der Waals surface area contributed by atoms with Gasteiger partial charge in [0.15, 0.2) is 5.75 Å². The third-order valence-corrected chi connectivity index (χ3v) is 4.94. The molecule has 1 N–H and O–H groups in total. The van der Waals surface area contributed by atoms with Crippen LogP contribution in [0.2, 0.25) is 0 Å². The molecule has 1 aromatic rings. The quantitative estimate of drug-likeness (QED) is 0.837. The molecule has 2 atom stereocenters. The van der Waals surface area contributed by atoms with Gasteiger partial charge in [-0.1, -0.05) is 13.0 Å². The molecule has 1 heterocycles. The Morgan fingerprint density at radius 2 is 2.08 bits per heavy atom. The van der Waals surface area contributed by atoms with Crippen LogP contribution < -0.4 is 9.46 Å². The molecule has 1 aromatic carbocycles. The monoisotopic (exact) mass is 383 g/mol. The van der Waals surface area contributed by atoms with E-state index in [1.807, 2.05) is 6.92 Å². The summed E-state index contributed by atoms with van der Waals surface area (Å²) in [5, 5.41) is 0. The summed E-state index contributed by atoms with van der Waals surface area (Å²) in [5.74, 6) is -0.231. The van der Waals surface area contributed by atoms with Gasteiger partial charge in [0.25, 0.3) is 5.91 Å². The molecule has 2 rings (SSSR count). The first kappa shape index (κ1) is 20.0. The maximum atomic E-state index is 12.7. The summed E-state index contributed by atoms with van der Waals surface area (Å²) in [7, 11) is -0.185. The second-order valence-electron chi connectivity index (χ2n) is 6.78. The van der Waals surface area contributed by atoms with Gasteiger partial charge in [-0.3, -0.25) is 14.3 Å². The van der Waals surface area contributed by atoms with Crippen molar-refractivity contribution in [3.05, 3.63) is 23.8 Å². The normalized spacial score (nSPS) is 20.5. The van der Waals surface area contributed by atoms with E-state index in [4.69, 9.17) is 4.74 Å². The number of hydrogen-bond donors (Lipinski definition) is 1. The molecule has 8 nitrogen and oxygen atoms in total. The SMILES string of the molecule is CC(=O)N(C)C[C@H]1Oc2c(NS(C)(=O)=O)cccc2C(=O)N(C)C[C@H]1C. The van der Waals surface area contributed by atoms with Gasteiger partial charge in [-0.15, -0.1) is 0 Å². The van der Waals surface area contributed by atoms with Crippen molar-refractivity contribution in [3.8, 4) is 5.75 Å². The number of amides is 2. The highest BCUT2D eigenvalue weighted by atomic mass is 32.2. The lowest BCUT2D eigenvalue weighted by atomic mass is 10.0. The number of fused-ring (bicyclic) bond motifs is 1. The summed E-state index contributed by atoms with van der Waals surface area (Å²) >= 11 is 0. The zero-order chi connectivity index (χ0) is 19.6. The van der Waals surface area contributed by atoms with E-state index in [-0.39, 0.29) is 34.7 Å². The van der Waals surface area contributed by atoms with Crippen LogP contribution >= 0.6 is 0 Å². The van der Waals surface area contributed by atoms with Crippen LogP contribution in [0, 0.1) is 5.92 Å². The maximum Gasteiger partial charge on any atom is 0.257 e. The number of nitrogens with one attached hydrogen (secondary N) is 1. The molecule has 144 valence electrons. The molecule has 2 amide bonds. The minimum Gasteiger partial charge on any atom is -0.485 e. The van der Waals surface area contributed by atoms with E-state index in [1.165, 1.54) is 11.8 Å². The number of rotatable bonds is 4. The number of anilines is 1. The Morgan fingerprint density at radius 1 is 1.42 bits per heavy atom. The fourth-order valence-corrected chi connectivity index (χ4v) is 3.39. The lowest BCUT2D eigenvalue weighted by molar-refractivity contribution is -0.129. The van der Waals surface area contributed by atoms with Crippen LogP contribution in [0.5, 0.6) is 5.75 Å². The van der Waals surface area contributed by atoms with Crippen molar-refractivity contribution in [1.29, 1.82) is 0 Å². The molecule has 0 saturated heterocycles. The van der Waals surface area contributed by atoms with E-state index in [0.29, 0.717) is 13.1 Å². The molecule has 0 unspecified atom stereocenters. The Labute approximate surface area is 154 Å². The van der Waals surface area contributed by atoms with Gasteiger partial charge in [-0.25, -0.2) is 8.42 Å². The van der Waals surface area contributed by atoms with E-state index >= 15 is 0 Å². The summed E-state index contributed by atoms with van der Waals surface area (Å²) in [6.07, 6.45) is 0.633. The van der Waals surface area contributed by atoms with Gasteiger partial charge in [0.05, 0.1) is 24.1 Å². The van der Waals surface area contributed by atoms with Gasteiger partial charge in [-0.2, -0.15) is 0 Å². The zero-order valence-electron chi connectivity index (χ0n) is 15.6. The number of ether oxygens (including phenoxy) is 1. The molecule has 0 bridgehead atoms. The van der Waals surface area contributed by atoms with Crippen LogP contribution in [0.4, 0.5) is 5.69 Å². The number of para-hydroxylation sites is 1. The minimum absolute atomic E-state index is 0.0646. The highest BCUT2D eigenvalue weighted by Gasteiger charge is 2.31. The molecule has 1 aliphatic rings. The number of sulfonamides is 1. The Kier molecular flexibility index (Phi) is 5.80. The highest BCUT2D eigenvalue weighted by Crippen LogP contribution is 2.34. The topological polar surface area (TPSA) is 96.0 Å². The third kappa shape index (κ3) is 4.66. The van der Waals surface area contributed by atoms with Gasteiger partial charge < -0.3 is 14.5 Å². The fraction of sp³-hybridized carbons (Fsp3) is 0.529. The average Bonchev–Trinajstić information content (AvgIpc) is 2.52. The van der Waals surface area contributed by atoms with Crippen molar-refractivity contribution in [3.63, 3.8) is 0 Å². The molecule has 0 aromatic heterocycles. The molecule has 0 fully saturated rings. The van der Waals surface area contributed by atoms with Crippen molar-refractivity contribution in [1.82, 2.24) is 9.80 Å². The highest BCUT2D eigenvalue weighted by molar-refractivity contribution is 7.92.